The molecule has 146 valence electrons. The zero-order valence-electron chi connectivity index (χ0n) is 16.2. The molecular weight excluding hydrogens is 396 g/mol. The van der Waals surface area contributed by atoms with Gasteiger partial charge in [0.2, 0.25) is 0 Å². The Labute approximate surface area is 173 Å². The number of benzene rings is 2. The van der Waals surface area contributed by atoms with Crippen molar-refractivity contribution in [3.05, 3.63) is 63.6 Å². The number of methoxy groups -OCH3 is 2. The monoisotopic (exact) mass is 416 g/mol. The van der Waals surface area contributed by atoms with Crippen LogP contribution in [0.2, 0.25) is 5.02 Å². The van der Waals surface area contributed by atoms with Gasteiger partial charge in [-0.1, -0.05) is 23.7 Å². The van der Waals surface area contributed by atoms with Crippen LogP contribution >= 0.6 is 22.9 Å². The minimum absolute atomic E-state index is 0.0823. The Kier molecular flexibility index (Phi) is 6.21. The van der Waals surface area contributed by atoms with Crippen molar-refractivity contribution in [2.45, 2.75) is 13.5 Å². The molecule has 0 radical (unpaired) electrons. The fraction of sp³-hybridized carbons (Fsp3) is 0.238. The molecule has 0 atom stereocenters. The highest BCUT2D eigenvalue weighted by molar-refractivity contribution is 7.17. The first-order valence-corrected chi connectivity index (χ1v) is 9.82. The van der Waals surface area contributed by atoms with Gasteiger partial charge in [0.05, 0.1) is 19.9 Å². The smallest absolute Gasteiger partial charge is 0.265 e. The molecule has 0 fully saturated rings. The average Bonchev–Trinajstić information content (AvgIpc) is 3.09. The zero-order valence-corrected chi connectivity index (χ0v) is 17.7. The summed E-state index contributed by atoms with van der Waals surface area (Å²) >= 11 is 7.45. The molecule has 0 aliphatic heterocycles. The highest BCUT2D eigenvalue weighted by Crippen LogP contribution is 2.31. The van der Waals surface area contributed by atoms with Crippen LogP contribution in [0.1, 0.15) is 20.9 Å². The van der Waals surface area contributed by atoms with E-state index in [9.17, 15) is 4.79 Å². The van der Waals surface area contributed by atoms with Crippen molar-refractivity contribution in [1.29, 1.82) is 0 Å². The second-order valence-electron chi connectivity index (χ2n) is 6.28. The van der Waals surface area contributed by atoms with Crippen LogP contribution in [0.5, 0.6) is 11.5 Å². The maximum atomic E-state index is 13.0. The van der Waals surface area contributed by atoms with Crippen molar-refractivity contribution >= 4 is 28.8 Å². The second-order valence-corrected chi connectivity index (χ2v) is 7.72. The van der Waals surface area contributed by atoms with Gasteiger partial charge in [0, 0.05) is 35.8 Å². The number of carbonyl (C=O) groups is 1. The number of aryl methyl sites for hydroxylation is 1. The van der Waals surface area contributed by atoms with Crippen molar-refractivity contribution < 1.29 is 14.3 Å². The standard InChI is InChI=1S/C21H21ClN2O3S/c1-13-19(28-20(23-13)14-6-5-7-16(22)10-14)21(25)24(2)12-15-8-9-17(26-3)11-18(15)27-4/h5-11H,12H2,1-4H3. The predicted octanol–water partition coefficient (Wildman–Crippen LogP) is 5.06. The number of nitrogens with zero attached hydrogens (tertiary/aromatic N) is 2. The first-order chi connectivity index (χ1) is 13.4. The van der Waals surface area contributed by atoms with E-state index in [2.05, 4.69) is 4.98 Å². The number of amides is 1. The predicted molar refractivity (Wildman–Crippen MR) is 113 cm³/mol. The fourth-order valence-electron chi connectivity index (χ4n) is 2.82. The van der Waals surface area contributed by atoms with E-state index in [1.54, 1.807) is 26.2 Å². The normalized spacial score (nSPS) is 10.6. The number of aromatic nitrogens is 1. The topological polar surface area (TPSA) is 51.7 Å². The van der Waals surface area contributed by atoms with Crippen molar-refractivity contribution in [2.75, 3.05) is 21.3 Å². The van der Waals surface area contributed by atoms with Crippen LogP contribution in [0.3, 0.4) is 0 Å². The molecule has 5 nitrogen and oxygen atoms in total. The Bertz CT molecular complexity index is 1000. The van der Waals surface area contributed by atoms with E-state index < -0.39 is 0 Å². The molecule has 3 aromatic rings. The van der Waals surface area contributed by atoms with E-state index in [4.69, 9.17) is 21.1 Å². The minimum Gasteiger partial charge on any atom is -0.497 e. The molecule has 2 aromatic carbocycles. The lowest BCUT2D eigenvalue weighted by atomic mass is 10.1. The number of hydrogen-bond donors (Lipinski definition) is 0. The van der Waals surface area contributed by atoms with Gasteiger partial charge in [-0.2, -0.15) is 0 Å². The van der Waals surface area contributed by atoms with E-state index in [-0.39, 0.29) is 5.91 Å². The largest absolute Gasteiger partial charge is 0.497 e. The number of halogens is 1. The Hall–Kier alpha value is -2.57. The maximum Gasteiger partial charge on any atom is 0.265 e. The van der Waals surface area contributed by atoms with Gasteiger partial charge in [-0.15, -0.1) is 11.3 Å². The molecule has 0 spiro atoms. The quantitative estimate of drug-likeness (QED) is 0.563. The molecule has 0 unspecified atom stereocenters. The summed E-state index contributed by atoms with van der Waals surface area (Å²) in [7, 11) is 4.98. The van der Waals surface area contributed by atoms with E-state index in [1.165, 1.54) is 11.3 Å². The minimum atomic E-state index is -0.0823. The van der Waals surface area contributed by atoms with Gasteiger partial charge in [-0.25, -0.2) is 4.98 Å². The van der Waals surface area contributed by atoms with Crippen LogP contribution in [0, 0.1) is 6.92 Å². The number of hydrogen-bond acceptors (Lipinski definition) is 5. The summed E-state index contributed by atoms with van der Waals surface area (Å²) in [5, 5.41) is 1.42. The zero-order chi connectivity index (χ0) is 20.3. The molecule has 1 heterocycles. The average molecular weight is 417 g/mol. The third-order valence-corrected chi connectivity index (χ3v) is 5.74. The Balaban J connectivity index is 1.82. The Morgan fingerprint density at radius 2 is 1.96 bits per heavy atom. The summed E-state index contributed by atoms with van der Waals surface area (Å²) in [6.07, 6.45) is 0. The third kappa shape index (κ3) is 4.29. The van der Waals surface area contributed by atoms with Crippen LogP contribution < -0.4 is 9.47 Å². The van der Waals surface area contributed by atoms with Gasteiger partial charge in [0.1, 0.15) is 21.4 Å². The van der Waals surface area contributed by atoms with Crippen molar-refractivity contribution in [3.63, 3.8) is 0 Å². The SMILES string of the molecule is COc1ccc(CN(C)C(=O)c2sc(-c3cccc(Cl)c3)nc2C)c(OC)c1. The summed E-state index contributed by atoms with van der Waals surface area (Å²) in [6.45, 7) is 2.26. The molecule has 7 heteroatoms. The van der Waals surface area contributed by atoms with Crippen LogP contribution in [-0.4, -0.2) is 37.1 Å². The summed E-state index contributed by atoms with van der Waals surface area (Å²) in [5.74, 6) is 1.31. The van der Waals surface area contributed by atoms with Gasteiger partial charge in [0.25, 0.3) is 5.91 Å². The molecule has 0 saturated carbocycles. The van der Waals surface area contributed by atoms with Gasteiger partial charge < -0.3 is 14.4 Å². The first kappa shape index (κ1) is 20.2. The highest BCUT2D eigenvalue weighted by atomic mass is 35.5. The maximum absolute atomic E-state index is 13.0. The van der Waals surface area contributed by atoms with Crippen LogP contribution in [-0.2, 0) is 6.54 Å². The summed E-state index contributed by atoms with van der Waals surface area (Å²) < 4.78 is 10.7. The van der Waals surface area contributed by atoms with E-state index in [0.29, 0.717) is 33.6 Å². The number of carbonyl (C=O) groups excluding carboxylic acids is 1. The number of rotatable bonds is 6. The number of ether oxygens (including phenoxy) is 2. The van der Waals surface area contributed by atoms with Crippen molar-refractivity contribution in [2.24, 2.45) is 0 Å². The molecular formula is C21H21ClN2O3S. The molecule has 1 aromatic heterocycles. The second kappa shape index (κ2) is 8.63. The Morgan fingerprint density at radius 3 is 2.64 bits per heavy atom. The van der Waals surface area contributed by atoms with E-state index in [1.807, 2.05) is 49.4 Å². The summed E-state index contributed by atoms with van der Waals surface area (Å²) in [5.41, 5.74) is 2.51. The third-order valence-electron chi connectivity index (χ3n) is 4.31. The number of thiazole rings is 1. The summed E-state index contributed by atoms with van der Waals surface area (Å²) in [6, 6.07) is 13.0. The molecule has 0 saturated heterocycles. The first-order valence-electron chi connectivity index (χ1n) is 8.62. The van der Waals surface area contributed by atoms with E-state index in [0.717, 1.165) is 16.1 Å². The van der Waals surface area contributed by atoms with Gasteiger partial charge in [-0.3, -0.25) is 4.79 Å². The molecule has 28 heavy (non-hydrogen) atoms. The van der Waals surface area contributed by atoms with Crippen molar-refractivity contribution in [3.8, 4) is 22.1 Å². The van der Waals surface area contributed by atoms with Gasteiger partial charge in [-0.05, 0) is 31.2 Å². The van der Waals surface area contributed by atoms with Crippen molar-refractivity contribution in [1.82, 2.24) is 9.88 Å². The van der Waals surface area contributed by atoms with Gasteiger partial charge in [0.15, 0.2) is 0 Å². The molecule has 0 bridgehead atoms. The lowest BCUT2D eigenvalue weighted by molar-refractivity contribution is 0.0788. The molecule has 3 rings (SSSR count). The Morgan fingerprint density at radius 1 is 1.18 bits per heavy atom. The van der Waals surface area contributed by atoms with E-state index >= 15 is 0 Å². The summed E-state index contributed by atoms with van der Waals surface area (Å²) in [4.78, 5) is 19.8. The molecule has 0 aliphatic carbocycles. The van der Waals surface area contributed by atoms with Crippen LogP contribution in [0.15, 0.2) is 42.5 Å². The molecule has 0 N–H and O–H groups in total. The van der Waals surface area contributed by atoms with Crippen LogP contribution in [0.4, 0.5) is 0 Å². The van der Waals surface area contributed by atoms with Crippen LogP contribution in [0.25, 0.3) is 10.6 Å². The highest BCUT2D eigenvalue weighted by Gasteiger charge is 2.21. The van der Waals surface area contributed by atoms with Gasteiger partial charge >= 0.3 is 0 Å². The lowest BCUT2D eigenvalue weighted by Gasteiger charge is -2.19. The molecule has 1 amide bonds. The fourth-order valence-corrected chi connectivity index (χ4v) is 4.07. The molecule has 0 aliphatic rings. The lowest BCUT2D eigenvalue weighted by Crippen LogP contribution is -2.26.